The first-order valence-electron chi connectivity index (χ1n) is 20.4. The van der Waals surface area contributed by atoms with Crippen molar-refractivity contribution in [3.05, 3.63) is 22.8 Å². The molecule has 4 unspecified atom stereocenters. The molecule has 4 saturated carbocycles. The van der Waals surface area contributed by atoms with Gasteiger partial charge in [0.1, 0.15) is 0 Å². The molecule has 7 nitrogen and oxygen atoms in total. The van der Waals surface area contributed by atoms with Gasteiger partial charge in [0.05, 0.1) is 18.1 Å². The molecule has 1 saturated heterocycles. The molecule has 6 aliphatic rings. The number of Topliss-reactive ketones (excluding diaryl/α,β-unsaturated/α-hetero) is 1. The van der Waals surface area contributed by atoms with E-state index in [0.29, 0.717) is 29.9 Å². The summed E-state index contributed by atoms with van der Waals surface area (Å²) in [7, 11) is 0. The minimum atomic E-state index is -1.83. The number of esters is 1. The Morgan fingerprint density at radius 3 is 2.42 bits per heavy atom. The third kappa shape index (κ3) is 4.71. The summed E-state index contributed by atoms with van der Waals surface area (Å²) >= 11 is 0. The summed E-state index contributed by atoms with van der Waals surface area (Å²) < 4.78 is 47.5. The van der Waals surface area contributed by atoms with Crippen LogP contribution in [0.1, 0.15) is 125 Å². The monoisotopic (exact) mass is 669 g/mol. The number of carbonyl (C=O) groups excluding carboxylic acids is 3. The molecule has 0 aromatic heterocycles. The number of allylic oxidation sites excluding steroid dienone is 4. The van der Waals surface area contributed by atoms with E-state index in [9.17, 15) is 17.4 Å². The lowest BCUT2D eigenvalue weighted by molar-refractivity contribution is -0.241. The summed E-state index contributed by atoms with van der Waals surface area (Å²) in [5.74, 6) is -4.39. The molecule has 0 amide bonds. The first kappa shape index (κ1) is 32.1. The highest BCUT2D eigenvalue weighted by Gasteiger charge is 2.80. The number of hydrogen-bond acceptors (Lipinski definition) is 7. The lowest BCUT2D eigenvalue weighted by Gasteiger charge is -2.66. The van der Waals surface area contributed by atoms with Crippen LogP contribution >= 0.6 is 0 Å². The molecule has 5 aliphatic carbocycles. The van der Waals surface area contributed by atoms with Crippen molar-refractivity contribution in [2.24, 2.45) is 64.1 Å². The van der Waals surface area contributed by atoms with Crippen molar-refractivity contribution in [1.29, 1.82) is 0 Å². The maximum Gasteiger partial charge on any atom is 0.309 e. The van der Waals surface area contributed by atoms with E-state index in [4.69, 9.17) is 15.6 Å². The fourth-order valence-electron chi connectivity index (χ4n) is 12.0. The summed E-state index contributed by atoms with van der Waals surface area (Å²) in [5.41, 5.74) is -1.48. The molecule has 268 valence electrons. The Balaban J connectivity index is 1.50. The number of aliphatic hydroxyl groups excluding tert-OH is 1. The highest BCUT2D eigenvalue weighted by atomic mass is 16.7. The lowest BCUT2D eigenvalue weighted by Crippen LogP contribution is -2.69. The van der Waals surface area contributed by atoms with Gasteiger partial charge in [0.15, 0.2) is 24.3 Å². The van der Waals surface area contributed by atoms with Crippen LogP contribution in [-0.2, 0) is 28.6 Å². The molecule has 0 bridgehead atoms. The number of rotatable bonds is 8. The van der Waals surface area contributed by atoms with Gasteiger partial charge in [-0.25, -0.2) is 0 Å². The molecule has 48 heavy (non-hydrogen) atoms. The van der Waals surface area contributed by atoms with E-state index < -0.39 is 77.4 Å². The Kier molecular flexibility index (Phi) is 8.52. The molecule has 0 aromatic carbocycles. The Bertz CT molecular complexity index is 1520. The molecular weight excluding hydrogens is 604 g/mol. The normalized spacial score (nSPS) is 47.2. The van der Waals surface area contributed by atoms with Crippen LogP contribution in [-0.4, -0.2) is 53.3 Å². The molecule has 0 radical (unpaired) electrons. The Morgan fingerprint density at radius 1 is 1.10 bits per heavy atom. The smallest absolute Gasteiger partial charge is 0.309 e. The molecule has 7 heteroatoms. The van der Waals surface area contributed by atoms with E-state index >= 15 is 4.79 Å². The van der Waals surface area contributed by atoms with Crippen LogP contribution in [0.2, 0.25) is 0 Å². The standard InChI is InChI=1S/C41H62O7/c1-11-39-27(10)36(44)35-30(17-16-28-18-32(42)25(8)26(9)40(28,35)22(4)5)31(39)19-34-41(39,33(43)20-46-37(45)24(7)21(2)3)48-38(47-34)29-15-13-12-14-23(29)6/h18,21-24,27,29-31,34-36,38,44H,11-17,19-20H2,1-10H3/t23?,24?,27?,29?,30-,31-,34+,35+,36-,38+,39-,40-,41+/m0/s1/i16D2,24D. The summed E-state index contributed by atoms with van der Waals surface area (Å²) in [6, 6.07) is 0. The SMILES string of the molecule is [2H]C1([2H])C[C@@H]2[C@H]([C@@H](O)C(C)[C@@]3(CC)[C@H]2C[C@H]2O[C@@H](C4CCCCC4C)O[C@]23C(=O)COC(=O)C([2H])(C)C(C)C)[C@]2(C(C)C)C1=CC(=O)C(C)=C2C. The van der Waals surface area contributed by atoms with Gasteiger partial charge in [0.2, 0.25) is 5.78 Å². The lowest BCUT2D eigenvalue weighted by atomic mass is 9.39. The van der Waals surface area contributed by atoms with Crippen LogP contribution in [0, 0.1) is 64.1 Å². The van der Waals surface area contributed by atoms with Crippen LogP contribution in [0.4, 0.5) is 0 Å². The summed E-state index contributed by atoms with van der Waals surface area (Å²) in [5, 5.41) is 12.9. The average Bonchev–Trinajstić information content (AvgIpc) is 3.58. The van der Waals surface area contributed by atoms with Gasteiger partial charge >= 0.3 is 5.97 Å². The maximum absolute atomic E-state index is 15.1. The third-order valence-electron chi connectivity index (χ3n) is 14.8. The van der Waals surface area contributed by atoms with Crippen molar-refractivity contribution in [1.82, 2.24) is 0 Å². The molecule has 1 aliphatic heterocycles. The number of ether oxygens (including phenoxy) is 3. The summed E-state index contributed by atoms with van der Waals surface area (Å²) in [4.78, 5) is 41.6. The van der Waals surface area contributed by atoms with Gasteiger partial charge in [-0.2, -0.15) is 0 Å². The number of fused-ring (bicyclic) bond motifs is 7. The van der Waals surface area contributed by atoms with Gasteiger partial charge in [-0.3, -0.25) is 14.4 Å². The predicted octanol–water partition coefficient (Wildman–Crippen LogP) is 7.64. The van der Waals surface area contributed by atoms with E-state index in [1.807, 2.05) is 27.7 Å². The van der Waals surface area contributed by atoms with Crippen molar-refractivity contribution in [2.45, 2.75) is 145 Å². The predicted molar refractivity (Wildman–Crippen MR) is 185 cm³/mol. The summed E-state index contributed by atoms with van der Waals surface area (Å²) in [6.45, 7) is 18.6. The number of aliphatic hydroxyl groups is 1. The second-order valence-electron chi connectivity index (χ2n) is 16.9. The maximum atomic E-state index is 15.1. The van der Waals surface area contributed by atoms with Gasteiger partial charge < -0.3 is 19.3 Å². The highest BCUT2D eigenvalue weighted by Crippen LogP contribution is 2.74. The van der Waals surface area contributed by atoms with Crippen LogP contribution in [0.5, 0.6) is 0 Å². The Labute approximate surface area is 293 Å². The number of carbonyl (C=O) groups is 3. The van der Waals surface area contributed by atoms with Crippen molar-refractivity contribution >= 4 is 17.5 Å². The van der Waals surface area contributed by atoms with Crippen molar-refractivity contribution in [3.63, 3.8) is 0 Å². The number of ketones is 2. The first-order chi connectivity index (χ1) is 23.7. The second kappa shape index (κ2) is 12.7. The average molecular weight is 670 g/mol. The quantitative estimate of drug-likeness (QED) is 0.265. The van der Waals surface area contributed by atoms with Gasteiger partial charge in [0.25, 0.3) is 0 Å². The van der Waals surface area contributed by atoms with Crippen LogP contribution < -0.4 is 0 Å². The van der Waals surface area contributed by atoms with Crippen molar-refractivity contribution in [3.8, 4) is 0 Å². The molecule has 5 fully saturated rings. The minimum Gasteiger partial charge on any atom is -0.457 e. The zero-order chi connectivity index (χ0) is 37.8. The highest BCUT2D eigenvalue weighted by molar-refractivity contribution is 6.06. The molecular formula is C41H62O7. The first-order valence-corrected chi connectivity index (χ1v) is 18.9. The second-order valence-corrected chi connectivity index (χ2v) is 16.9. The fraction of sp³-hybridized carbons (Fsp3) is 0.829. The van der Waals surface area contributed by atoms with E-state index in [2.05, 4.69) is 20.8 Å². The molecule has 1 heterocycles. The third-order valence-corrected chi connectivity index (χ3v) is 14.8. The minimum absolute atomic E-state index is 0.0919. The molecule has 13 atom stereocenters. The zero-order valence-corrected chi connectivity index (χ0v) is 31.0. The number of hydrogen-bond donors (Lipinski definition) is 1. The summed E-state index contributed by atoms with van der Waals surface area (Å²) in [6.07, 6.45) is 2.63. The molecule has 0 aromatic rings. The van der Waals surface area contributed by atoms with Gasteiger partial charge in [-0.1, -0.05) is 85.8 Å². The van der Waals surface area contributed by atoms with Crippen molar-refractivity contribution in [2.75, 3.05) is 6.61 Å². The van der Waals surface area contributed by atoms with Crippen molar-refractivity contribution < 1.29 is 37.8 Å². The Hall–Kier alpha value is -1.83. The largest absolute Gasteiger partial charge is 0.457 e. The van der Waals surface area contributed by atoms with Crippen LogP contribution in [0.25, 0.3) is 0 Å². The van der Waals surface area contributed by atoms with Gasteiger partial charge in [0, 0.05) is 26.8 Å². The van der Waals surface area contributed by atoms with E-state index in [0.717, 1.165) is 31.3 Å². The van der Waals surface area contributed by atoms with E-state index in [1.54, 1.807) is 13.8 Å². The zero-order valence-electron chi connectivity index (χ0n) is 34.0. The molecule has 1 N–H and O–H groups in total. The van der Waals surface area contributed by atoms with Crippen LogP contribution in [0.3, 0.4) is 0 Å². The molecule has 0 spiro atoms. The topological polar surface area (TPSA) is 99.1 Å². The van der Waals surface area contributed by atoms with E-state index in [1.165, 1.54) is 13.0 Å². The van der Waals surface area contributed by atoms with Gasteiger partial charge in [-0.05, 0) is 93.1 Å². The molecule has 6 rings (SSSR count). The van der Waals surface area contributed by atoms with E-state index in [-0.39, 0.29) is 41.8 Å². The Morgan fingerprint density at radius 2 is 1.79 bits per heavy atom. The van der Waals surface area contributed by atoms with Gasteiger partial charge in [-0.15, -0.1) is 0 Å². The fourth-order valence-corrected chi connectivity index (χ4v) is 12.0. The van der Waals surface area contributed by atoms with Crippen LogP contribution in [0.15, 0.2) is 22.8 Å².